The van der Waals surface area contributed by atoms with Crippen LogP contribution in [0.4, 0.5) is 0 Å². The van der Waals surface area contributed by atoms with Crippen LogP contribution in [-0.2, 0) is 19.0 Å². The third-order valence-electron chi connectivity index (χ3n) is 4.37. The highest BCUT2D eigenvalue weighted by atomic mass is 16.8. The van der Waals surface area contributed by atoms with Gasteiger partial charge < -0.3 is 55.3 Å². The molecule has 10 atom stereocenters. The van der Waals surface area contributed by atoms with E-state index in [4.69, 9.17) is 14.2 Å². The van der Waals surface area contributed by atoms with Crippen LogP contribution in [0, 0.1) is 0 Å². The Morgan fingerprint density at radius 3 is 1.85 bits per heavy atom. The summed E-state index contributed by atoms with van der Waals surface area (Å²) in [5.74, 6) is -0.574. The third-order valence-corrected chi connectivity index (χ3v) is 4.37. The first kappa shape index (κ1) is 21.4. The summed E-state index contributed by atoms with van der Waals surface area (Å²) in [5.41, 5.74) is 0. The standard InChI is InChI=1S/C14H25NO11/c1-4(18)15-7-10(21)8(19)5(2-16)24-13(7)26-14-12(23)11(22)9(20)6(3-17)25-14/h5-14,16-17,19-23H,2-3H2,1H3,(H,15,18)/t5-,6-,7-,8-,9-,10-,11+,12-,13?,14?/m1/s1. The molecule has 152 valence electrons. The van der Waals surface area contributed by atoms with E-state index in [2.05, 4.69) is 5.32 Å². The molecule has 26 heavy (non-hydrogen) atoms. The zero-order chi connectivity index (χ0) is 19.6. The molecular weight excluding hydrogens is 358 g/mol. The molecule has 1 amide bonds. The summed E-state index contributed by atoms with van der Waals surface area (Å²) in [5, 5.41) is 70.4. The number of carbonyl (C=O) groups excluding carboxylic acids is 1. The zero-order valence-electron chi connectivity index (χ0n) is 14.0. The van der Waals surface area contributed by atoms with Crippen LogP contribution in [0.1, 0.15) is 6.92 Å². The Labute approximate surface area is 148 Å². The number of amides is 1. The molecule has 12 nitrogen and oxygen atoms in total. The van der Waals surface area contributed by atoms with Crippen LogP contribution in [0.5, 0.6) is 0 Å². The first-order valence-electron chi connectivity index (χ1n) is 8.06. The fourth-order valence-electron chi connectivity index (χ4n) is 2.90. The summed E-state index contributed by atoms with van der Waals surface area (Å²) in [6.45, 7) is -0.187. The van der Waals surface area contributed by atoms with Crippen molar-refractivity contribution in [3.63, 3.8) is 0 Å². The molecule has 2 heterocycles. The van der Waals surface area contributed by atoms with Crippen LogP contribution in [0.2, 0.25) is 0 Å². The van der Waals surface area contributed by atoms with E-state index in [-0.39, 0.29) is 0 Å². The highest BCUT2D eigenvalue weighted by Gasteiger charge is 2.50. The van der Waals surface area contributed by atoms with E-state index in [0.717, 1.165) is 6.92 Å². The van der Waals surface area contributed by atoms with Gasteiger partial charge in [0.1, 0.15) is 48.8 Å². The van der Waals surface area contributed by atoms with Gasteiger partial charge >= 0.3 is 0 Å². The molecule has 8 N–H and O–H groups in total. The van der Waals surface area contributed by atoms with E-state index in [1.807, 2.05) is 0 Å². The maximum absolute atomic E-state index is 11.4. The van der Waals surface area contributed by atoms with Crippen molar-refractivity contribution in [2.75, 3.05) is 13.2 Å². The van der Waals surface area contributed by atoms with E-state index < -0.39 is 80.5 Å². The van der Waals surface area contributed by atoms with Crippen molar-refractivity contribution in [1.29, 1.82) is 0 Å². The molecular formula is C14H25NO11. The second kappa shape index (κ2) is 8.84. The summed E-state index contributed by atoms with van der Waals surface area (Å²) in [6, 6.07) is -1.28. The molecule has 0 aromatic rings. The second-order valence-electron chi connectivity index (χ2n) is 6.27. The fourth-order valence-corrected chi connectivity index (χ4v) is 2.90. The van der Waals surface area contributed by atoms with E-state index in [1.54, 1.807) is 0 Å². The molecule has 12 heteroatoms. The van der Waals surface area contributed by atoms with Gasteiger partial charge in [-0.15, -0.1) is 0 Å². The van der Waals surface area contributed by atoms with Gasteiger partial charge in [-0.05, 0) is 0 Å². The lowest BCUT2D eigenvalue weighted by Crippen LogP contribution is -2.67. The monoisotopic (exact) mass is 383 g/mol. The summed E-state index contributed by atoms with van der Waals surface area (Å²) in [4.78, 5) is 11.4. The summed E-state index contributed by atoms with van der Waals surface area (Å²) >= 11 is 0. The highest BCUT2D eigenvalue weighted by Crippen LogP contribution is 2.28. The molecule has 0 aliphatic carbocycles. The molecule has 2 fully saturated rings. The molecule has 0 radical (unpaired) electrons. The number of hydrogen-bond acceptors (Lipinski definition) is 11. The second-order valence-corrected chi connectivity index (χ2v) is 6.27. The Morgan fingerprint density at radius 2 is 1.35 bits per heavy atom. The quantitative estimate of drug-likeness (QED) is 0.226. The average molecular weight is 383 g/mol. The van der Waals surface area contributed by atoms with Crippen molar-refractivity contribution in [2.24, 2.45) is 0 Å². The van der Waals surface area contributed by atoms with Crippen LogP contribution < -0.4 is 5.32 Å². The van der Waals surface area contributed by atoms with Crippen molar-refractivity contribution in [1.82, 2.24) is 5.32 Å². The predicted octanol–water partition coefficient (Wildman–Crippen LogP) is -5.25. The van der Waals surface area contributed by atoms with Gasteiger partial charge in [0.15, 0.2) is 12.6 Å². The lowest BCUT2D eigenvalue weighted by atomic mass is 9.96. The number of aliphatic hydroxyl groups excluding tert-OH is 7. The minimum atomic E-state index is -1.73. The lowest BCUT2D eigenvalue weighted by Gasteiger charge is -2.45. The Hall–Kier alpha value is -0.930. The average Bonchev–Trinajstić information content (AvgIpc) is 2.61. The number of carbonyl (C=O) groups is 1. The molecule has 0 aromatic carbocycles. The first-order chi connectivity index (χ1) is 12.2. The number of rotatable bonds is 5. The van der Waals surface area contributed by atoms with E-state index >= 15 is 0 Å². The summed E-state index contributed by atoms with van der Waals surface area (Å²) in [7, 11) is 0. The molecule has 0 spiro atoms. The van der Waals surface area contributed by atoms with Crippen molar-refractivity contribution in [3.05, 3.63) is 0 Å². The molecule has 0 saturated carbocycles. The summed E-state index contributed by atoms with van der Waals surface area (Å²) < 4.78 is 15.9. The maximum atomic E-state index is 11.4. The van der Waals surface area contributed by atoms with Crippen LogP contribution in [0.25, 0.3) is 0 Å². The van der Waals surface area contributed by atoms with Crippen molar-refractivity contribution in [2.45, 2.75) is 68.3 Å². The molecule has 2 rings (SSSR count). The van der Waals surface area contributed by atoms with Crippen molar-refractivity contribution < 1.29 is 54.8 Å². The predicted molar refractivity (Wildman–Crippen MR) is 80.2 cm³/mol. The van der Waals surface area contributed by atoms with Gasteiger partial charge in [-0.25, -0.2) is 0 Å². The minimum absolute atomic E-state index is 0.574. The normalized spacial score (nSPS) is 46.8. The first-order valence-corrected chi connectivity index (χ1v) is 8.06. The molecule has 0 bridgehead atoms. The number of ether oxygens (including phenoxy) is 3. The van der Waals surface area contributed by atoms with Gasteiger partial charge in [-0.1, -0.05) is 0 Å². The van der Waals surface area contributed by atoms with E-state index in [1.165, 1.54) is 0 Å². The van der Waals surface area contributed by atoms with Crippen molar-refractivity contribution >= 4 is 5.91 Å². The molecule has 0 aromatic heterocycles. The molecule has 2 saturated heterocycles. The largest absolute Gasteiger partial charge is 0.394 e. The number of aliphatic hydroxyl groups is 7. The van der Waals surface area contributed by atoms with Crippen LogP contribution in [-0.4, -0.2) is 116 Å². The van der Waals surface area contributed by atoms with Gasteiger partial charge in [0.05, 0.1) is 13.2 Å². The third kappa shape index (κ3) is 4.31. The van der Waals surface area contributed by atoms with E-state index in [0.29, 0.717) is 0 Å². The topological polar surface area (TPSA) is 198 Å². The van der Waals surface area contributed by atoms with Gasteiger partial charge in [0.2, 0.25) is 5.91 Å². The number of nitrogens with one attached hydrogen (secondary N) is 1. The Kier molecular flexibility index (Phi) is 7.27. The molecule has 2 aliphatic heterocycles. The fraction of sp³-hybridized carbons (Fsp3) is 0.929. The Morgan fingerprint density at radius 1 is 0.846 bits per heavy atom. The van der Waals surface area contributed by atoms with Crippen molar-refractivity contribution in [3.8, 4) is 0 Å². The van der Waals surface area contributed by atoms with Crippen LogP contribution >= 0.6 is 0 Å². The van der Waals surface area contributed by atoms with Gasteiger partial charge in [0.25, 0.3) is 0 Å². The van der Waals surface area contributed by atoms with Crippen LogP contribution in [0.15, 0.2) is 0 Å². The SMILES string of the molecule is CC(=O)N[C@H]1C(OC2O[C@H](CO)[C@@H](O)[C@H](O)[C@H]2O)O[C@H](CO)[C@@H](O)[C@@H]1O. The van der Waals surface area contributed by atoms with Gasteiger partial charge in [0, 0.05) is 6.92 Å². The smallest absolute Gasteiger partial charge is 0.217 e. The summed E-state index contributed by atoms with van der Waals surface area (Å²) in [6.07, 6.45) is -13.7. The van der Waals surface area contributed by atoms with Gasteiger partial charge in [-0.3, -0.25) is 4.79 Å². The minimum Gasteiger partial charge on any atom is -0.394 e. The maximum Gasteiger partial charge on any atom is 0.217 e. The lowest BCUT2D eigenvalue weighted by molar-refractivity contribution is -0.363. The van der Waals surface area contributed by atoms with Gasteiger partial charge in [-0.2, -0.15) is 0 Å². The molecule has 2 unspecified atom stereocenters. The Bertz CT molecular complexity index is 478. The number of hydrogen-bond donors (Lipinski definition) is 8. The highest BCUT2D eigenvalue weighted by molar-refractivity contribution is 5.73. The van der Waals surface area contributed by atoms with E-state index in [9.17, 15) is 40.5 Å². The van der Waals surface area contributed by atoms with Crippen LogP contribution in [0.3, 0.4) is 0 Å². The Balaban J connectivity index is 2.18. The zero-order valence-corrected chi connectivity index (χ0v) is 14.0. The molecule has 2 aliphatic rings.